The average Bonchev–Trinajstić information content (AvgIpc) is 2.45. The largest absolute Gasteiger partial charge is 0.383 e. The molecule has 0 aliphatic rings. The van der Waals surface area contributed by atoms with E-state index in [9.17, 15) is 14.9 Å². The van der Waals surface area contributed by atoms with Crippen molar-refractivity contribution in [3.8, 4) is 0 Å². The van der Waals surface area contributed by atoms with Crippen molar-refractivity contribution in [1.29, 1.82) is 0 Å². The molecule has 6 heteroatoms. The molecule has 2 aromatic rings. The van der Waals surface area contributed by atoms with Crippen molar-refractivity contribution < 1.29 is 9.72 Å². The number of allylic oxidation sites excluding steroid dienone is 1. The highest BCUT2D eigenvalue weighted by atomic mass is 16.6. The number of non-ortho nitro benzene ring substituents is 1. The molecule has 106 valence electrons. The van der Waals surface area contributed by atoms with Gasteiger partial charge in [0, 0.05) is 29.5 Å². The lowest BCUT2D eigenvalue weighted by molar-refractivity contribution is -0.384. The molecule has 21 heavy (non-hydrogen) atoms. The Labute approximate surface area is 121 Å². The summed E-state index contributed by atoms with van der Waals surface area (Å²) in [6, 6.07) is 9.40. The van der Waals surface area contributed by atoms with Crippen LogP contribution in [-0.4, -0.2) is 15.7 Å². The second-order valence-corrected chi connectivity index (χ2v) is 4.40. The molecule has 0 spiro atoms. The molecule has 2 rings (SSSR count). The summed E-state index contributed by atoms with van der Waals surface area (Å²) in [5.74, 6) is 0.0468. The van der Waals surface area contributed by atoms with E-state index in [0.29, 0.717) is 16.7 Å². The lowest BCUT2D eigenvalue weighted by Crippen LogP contribution is -2.02. The molecule has 2 N–H and O–H groups in total. The number of carbonyl (C=O) groups excluding carboxylic acids is 1. The molecule has 0 unspecified atom stereocenters. The number of rotatable bonds is 4. The molecular formula is C15H13N3O3. The fourth-order valence-electron chi connectivity index (χ4n) is 1.91. The number of hydrogen-bond acceptors (Lipinski definition) is 5. The number of hydrogen-bond donors (Lipinski definition) is 1. The summed E-state index contributed by atoms with van der Waals surface area (Å²) in [6.45, 7) is 1.41. The minimum Gasteiger partial charge on any atom is -0.383 e. The molecule has 0 aliphatic heterocycles. The Hall–Kier alpha value is -3.02. The van der Waals surface area contributed by atoms with E-state index in [4.69, 9.17) is 5.73 Å². The molecule has 0 bridgehead atoms. The van der Waals surface area contributed by atoms with Crippen molar-refractivity contribution in [3.63, 3.8) is 0 Å². The van der Waals surface area contributed by atoms with Crippen molar-refractivity contribution in [2.75, 3.05) is 5.73 Å². The molecule has 1 heterocycles. The van der Waals surface area contributed by atoms with Crippen LogP contribution in [0.1, 0.15) is 18.1 Å². The van der Waals surface area contributed by atoms with Gasteiger partial charge in [0.25, 0.3) is 5.69 Å². The van der Waals surface area contributed by atoms with Gasteiger partial charge in [0.1, 0.15) is 5.82 Å². The first kappa shape index (κ1) is 14.4. The number of nitro groups is 1. The van der Waals surface area contributed by atoms with Crippen LogP contribution in [-0.2, 0) is 4.79 Å². The Morgan fingerprint density at radius 1 is 1.33 bits per heavy atom. The quantitative estimate of drug-likeness (QED) is 0.528. The fourth-order valence-corrected chi connectivity index (χ4v) is 1.91. The van der Waals surface area contributed by atoms with Crippen LogP contribution in [0.15, 0.2) is 42.6 Å². The maximum atomic E-state index is 11.8. The topological polar surface area (TPSA) is 99.1 Å². The van der Waals surface area contributed by atoms with Gasteiger partial charge in [-0.1, -0.05) is 12.1 Å². The Bertz CT molecular complexity index is 738. The Balaban J connectivity index is 2.53. The van der Waals surface area contributed by atoms with Gasteiger partial charge in [0.15, 0.2) is 5.78 Å². The van der Waals surface area contributed by atoms with Crippen LogP contribution in [0.4, 0.5) is 11.5 Å². The van der Waals surface area contributed by atoms with E-state index in [2.05, 4.69) is 4.98 Å². The van der Waals surface area contributed by atoms with Gasteiger partial charge < -0.3 is 5.73 Å². The normalized spacial score (nSPS) is 11.2. The summed E-state index contributed by atoms with van der Waals surface area (Å²) < 4.78 is 0. The molecule has 0 fully saturated rings. The average molecular weight is 283 g/mol. The number of aromatic nitrogens is 1. The highest BCUT2D eigenvalue weighted by Gasteiger charge is 2.12. The SMILES string of the molecule is CC(=O)C(=Cc1cccc([N+](=O)[O-])c1)c1cccnc1N. The zero-order chi connectivity index (χ0) is 15.4. The third-order valence-corrected chi connectivity index (χ3v) is 2.90. The molecule has 0 amide bonds. The predicted molar refractivity (Wildman–Crippen MR) is 80.3 cm³/mol. The van der Waals surface area contributed by atoms with Crippen molar-refractivity contribution in [2.24, 2.45) is 0 Å². The highest BCUT2D eigenvalue weighted by molar-refractivity contribution is 6.25. The number of carbonyl (C=O) groups is 1. The standard InChI is InChI=1S/C15H13N3O3/c1-10(19)14(13-6-3-7-17-15(13)16)9-11-4-2-5-12(8-11)18(20)21/h2-9H,1H3,(H2,16,17). The van der Waals surface area contributed by atoms with Crippen LogP contribution in [0.2, 0.25) is 0 Å². The maximum absolute atomic E-state index is 11.8. The zero-order valence-electron chi connectivity index (χ0n) is 11.3. The van der Waals surface area contributed by atoms with E-state index >= 15 is 0 Å². The van der Waals surface area contributed by atoms with Gasteiger partial charge in [-0.3, -0.25) is 14.9 Å². The van der Waals surface area contributed by atoms with E-state index in [1.165, 1.54) is 25.3 Å². The second kappa shape index (κ2) is 5.96. The van der Waals surface area contributed by atoms with Crippen LogP contribution in [0.3, 0.4) is 0 Å². The number of ketones is 1. The first-order chi connectivity index (χ1) is 9.99. The van der Waals surface area contributed by atoms with Crippen LogP contribution in [0.5, 0.6) is 0 Å². The summed E-state index contributed by atoms with van der Waals surface area (Å²) in [6.07, 6.45) is 3.10. The number of nitrogen functional groups attached to an aromatic ring is 1. The van der Waals surface area contributed by atoms with E-state index in [1.807, 2.05) is 0 Å². The number of nitrogens with zero attached hydrogens (tertiary/aromatic N) is 2. The van der Waals surface area contributed by atoms with Crippen molar-refractivity contribution in [1.82, 2.24) is 4.98 Å². The molecule has 0 atom stereocenters. The number of Topliss-reactive ketones (excluding diaryl/α,β-unsaturated/α-hetero) is 1. The smallest absolute Gasteiger partial charge is 0.270 e. The van der Waals surface area contributed by atoms with Gasteiger partial charge in [-0.15, -0.1) is 0 Å². The summed E-state index contributed by atoms with van der Waals surface area (Å²) in [7, 11) is 0. The minimum atomic E-state index is -0.483. The van der Waals surface area contributed by atoms with Gasteiger partial charge in [-0.25, -0.2) is 4.98 Å². The molecule has 6 nitrogen and oxygen atoms in total. The number of nitro benzene ring substituents is 1. The minimum absolute atomic E-state index is 0.0363. The van der Waals surface area contributed by atoms with Gasteiger partial charge in [0.2, 0.25) is 0 Å². The van der Waals surface area contributed by atoms with E-state index in [1.54, 1.807) is 30.3 Å². The summed E-state index contributed by atoms with van der Waals surface area (Å²) >= 11 is 0. The van der Waals surface area contributed by atoms with Gasteiger partial charge in [-0.05, 0) is 30.7 Å². The van der Waals surface area contributed by atoms with Crippen molar-refractivity contribution in [3.05, 3.63) is 63.8 Å². The van der Waals surface area contributed by atoms with E-state index < -0.39 is 4.92 Å². The Kier molecular flexibility index (Phi) is 4.08. The third-order valence-electron chi connectivity index (χ3n) is 2.90. The number of nitrogens with two attached hydrogens (primary N) is 1. The number of anilines is 1. The monoisotopic (exact) mass is 283 g/mol. The molecular weight excluding hydrogens is 270 g/mol. The lowest BCUT2D eigenvalue weighted by atomic mass is 10.00. The number of pyridine rings is 1. The fraction of sp³-hybridized carbons (Fsp3) is 0.0667. The third kappa shape index (κ3) is 3.30. The summed E-state index contributed by atoms with van der Waals surface area (Å²) in [5, 5.41) is 10.8. The van der Waals surface area contributed by atoms with Crippen LogP contribution in [0, 0.1) is 10.1 Å². The lowest BCUT2D eigenvalue weighted by Gasteiger charge is -2.06. The molecule has 0 saturated heterocycles. The molecule has 0 radical (unpaired) electrons. The van der Waals surface area contributed by atoms with E-state index in [-0.39, 0.29) is 17.3 Å². The predicted octanol–water partition coefficient (Wildman–Crippen LogP) is 2.70. The van der Waals surface area contributed by atoms with Crippen LogP contribution in [0.25, 0.3) is 11.6 Å². The maximum Gasteiger partial charge on any atom is 0.270 e. The van der Waals surface area contributed by atoms with E-state index in [0.717, 1.165) is 0 Å². The first-order valence-corrected chi connectivity index (χ1v) is 6.17. The van der Waals surface area contributed by atoms with Crippen molar-refractivity contribution >= 4 is 28.9 Å². The van der Waals surface area contributed by atoms with Crippen LogP contribution < -0.4 is 5.73 Å². The van der Waals surface area contributed by atoms with Gasteiger partial charge in [-0.2, -0.15) is 0 Å². The number of benzene rings is 1. The van der Waals surface area contributed by atoms with Gasteiger partial charge >= 0.3 is 0 Å². The second-order valence-electron chi connectivity index (χ2n) is 4.40. The zero-order valence-corrected chi connectivity index (χ0v) is 11.3. The molecule has 1 aromatic heterocycles. The Morgan fingerprint density at radius 2 is 2.10 bits per heavy atom. The molecule has 0 saturated carbocycles. The molecule has 0 aliphatic carbocycles. The summed E-state index contributed by atoms with van der Waals surface area (Å²) in [5.41, 5.74) is 7.17. The van der Waals surface area contributed by atoms with Gasteiger partial charge in [0.05, 0.1) is 4.92 Å². The molecule has 1 aromatic carbocycles. The van der Waals surface area contributed by atoms with Crippen molar-refractivity contribution in [2.45, 2.75) is 6.92 Å². The first-order valence-electron chi connectivity index (χ1n) is 6.17. The summed E-state index contributed by atoms with van der Waals surface area (Å²) in [4.78, 5) is 26.1. The highest BCUT2D eigenvalue weighted by Crippen LogP contribution is 2.24. The Morgan fingerprint density at radius 3 is 2.71 bits per heavy atom. The van der Waals surface area contributed by atoms with Crippen LogP contribution >= 0.6 is 0 Å².